The van der Waals surface area contributed by atoms with Crippen LogP contribution in [0, 0.1) is 0 Å². The van der Waals surface area contributed by atoms with Gasteiger partial charge in [0, 0.05) is 23.8 Å². The lowest BCUT2D eigenvalue weighted by Crippen LogP contribution is -2.32. The zero-order valence-corrected chi connectivity index (χ0v) is 12.2. The topological polar surface area (TPSA) is 94.3 Å². The lowest BCUT2D eigenvalue weighted by molar-refractivity contribution is -0.124. The molecule has 0 fully saturated rings. The van der Waals surface area contributed by atoms with Crippen molar-refractivity contribution in [3.05, 3.63) is 54.4 Å². The molecule has 3 N–H and O–H groups in total. The van der Waals surface area contributed by atoms with E-state index in [-0.39, 0.29) is 5.91 Å². The molecule has 0 aliphatic heterocycles. The first-order valence-corrected chi connectivity index (χ1v) is 6.87. The monoisotopic (exact) mass is 299 g/mol. The summed E-state index contributed by atoms with van der Waals surface area (Å²) in [6, 6.07) is 9.65. The van der Waals surface area contributed by atoms with Gasteiger partial charge in [0.15, 0.2) is 6.10 Å². The third-order valence-electron chi connectivity index (χ3n) is 3.01. The Bertz CT molecular complexity index is 641. The van der Waals surface area contributed by atoms with E-state index in [1.54, 1.807) is 55.7 Å². The van der Waals surface area contributed by atoms with Gasteiger partial charge >= 0.3 is 5.97 Å². The molecule has 1 amide bonds. The van der Waals surface area contributed by atoms with Crippen LogP contribution in [-0.4, -0.2) is 23.0 Å². The van der Waals surface area contributed by atoms with Crippen LogP contribution in [0.2, 0.25) is 0 Å². The molecular weight excluding hydrogens is 282 g/mol. The Labute approximate surface area is 128 Å². The van der Waals surface area contributed by atoms with E-state index in [4.69, 9.17) is 10.5 Å². The standard InChI is InChI=1S/C16H17N3O3/c1-2-14(15(20)19-13-7-9-18-10-8-13)22-16(21)11-3-5-12(17)6-4-11/h3-10,14H,2,17H2,1H3,(H,18,19,20). The van der Waals surface area contributed by atoms with Gasteiger partial charge in [0.2, 0.25) is 0 Å². The van der Waals surface area contributed by atoms with Crippen LogP contribution in [0.4, 0.5) is 11.4 Å². The van der Waals surface area contributed by atoms with Crippen LogP contribution in [0.25, 0.3) is 0 Å². The molecule has 114 valence electrons. The minimum Gasteiger partial charge on any atom is -0.449 e. The highest BCUT2D eigenvalue weighted by molar-refractivity contribution is 5.97. The van der Waals surface area contributed by atoms with E-state index in [0.29, 0.717) is 23.4 Å². The van der Waals surface area contributed by atoms with Crippen molar-refractivity contribution < 1.29 is 14.3 Å². The van der Waals surface area contributed by atoms with Gasteiger partial charge in [0.25, 0.3) is 5.91 Å². The summed E-state index contributed by atoms with van der Waals surface area (Å²) in [6.07, 6.45) is 2.64. The predicted octanol–water partition coefficient (Wildman–Crippen LogP) is 2.24. The number of nitrogens with zero attached hydrogens (tertiary/aromatic N) is 1. The molecule has 0 aliphatic carbocycles. The highest BCUT2D eigenvalue weighted by atomic mass is 16.5. The second-order valence-corrected chi connectivity index (χ2v) is 4.65. The predicted molar refractivity (Wildman–Crippen MR) is 83.2 cm³/mol. The fourth-order valence-corrected chi connectivity index (χ4v) is 1.80. The maximum absolute atomic E-state index is 12.1. The number of nitrogens with two attached hydrogens (primary N) is 1. The number of anilines is 2. The van der Waals surface area contributed by atoms with Crippen LogP contribution in [0.5, 0.6) is 0 Å². The first-order chi connectivity index (χ1) is 10.6. The van der Waals surface area contributed by atoms with Crippen LogP contribution >= 0.6 is 0 Å². The number of carbonyl (C=O) groups is 2. The summed E-state index contributed by atoms with van der Waals surface area (Å²) in [4.78, 5) is 28.0. The number of hydrogen-bond acceptors (Lipinski definition) is 5. The molecule has 0 saturated carbocycles. The maximum atomic E-state index is 12.1. The number of nitrogens with one attached hydrogen (secondary N) is 1. The quantitative estimate of drug-likeness (QED) is 0.652. The van der Waals surface area contributed by atoms with Crippen molar-refractivity contribution in [2.75, 3.05) is 11.1 Å². The molecule has 2 aromatic rings. The molecule has 0 aliphatic rings. The largest absolute Gasteiger partial charge is 0.449 e. The van der Waals surface area contributed by atoms with E-state index in [2.05, 4.69) is 10.3 Å². The van der Waals surface area contributed by atoms with Crippen molar-refractivity contribution in [3.63, 3.8) is 0 Å². The number of esters is 1. The lowest BCUT2D eigenvalue weighted by atomic mass is 10.2. The Hall–Kier alpha value is -2.89. The number of aromatic nitrogens is 1. The van der Waals surface area contributed by atoms with Gasteiger partial charge in [0.05, 0.1) is 5.56 Å². The van der Waals surface area contributed by atoms with Gasteiger partial charge in [-0.25, -0.2) is 4.79 Å². The summed E-state index contributed by atoms with van der Waals surface area (Å²) in [5.74, 6) is -0.936. The number of amides is 1. The molecule has 0 bridgehead atoms. The summed E-state index contributed by atoms with van der Waals surface area (Å²) < 4.78 is 5.25. The molecular formula is C16H17N3O3. The highest BCUT2D eigenvalue weighted by Gasteiger charge is 2.22. The van der Waals surface area contributed by atoms with E-state index in [1.807, 2.05) is 0 Å². The number of rotatable bonds is 5. The van der Waals surface area contributed by atoms with Crippen molar-refractivity contribution in [1.82, 2.24) is 4.98 Å². The number of benzene rings is 1. The van der Waals surface area contributed by atoms with Crippen LogP contribution in [0.15, 0.2) is 48.8 Å². The number of carbonyl (C=O) groups excluding carboxylic acids is 2. The van der Waals surface area contributed by atoms with E-state index < -0.39 is 12.1 Å². The minimum atomic E-state index is -0.863. The molecule has 0 saturated heterocycles. The normalized spacial score (nSPS) is 11.5. The average Bonchev–Trinajstić information content (AvgIpc) is 2.53. The van der Waals surface area contributed by atoms with Crippen molar-refractivity contribution >= 4 is 23.3 Å². The second-order valence-electron chi connectivity index (χ2n) is 4.65. The molecule has 0 spiro atoms. The van der Waals surface area contributed by atoms with Crippen LogP contribution in [-0.2, 0) is 9.53 Å². The van der Waals surface area contributed by atoms with Gasteiger partial charge in [0.1, 0.15) is 0 Å². The Morgan fingerprint density at radius 2 is 1.82 bits per heavy atom. The first kappa shape index (κ1) is 15.5. The van der Waals surface area contributed by atoms with E-state index in [0.717, 1.165) is 0 Å². The smallest absolute Gasteiger partial charge is 0.338 e. The number of ether oxygens (including phenoxy) is 1. The van der Waals surface area contributed by atoms with Crippen molar-refractivity contribution in [3.8, 4) is 0 Å². The number of hydrogen-bond donors (Lipinski definition) is 2. The number of nitrogen functional groups attached to an aromatic ring is 1. The molecule has 22 heavy (non-hydrogen) atoms. The summed E-state index contributed by atoms with van der Waals surface area (Å²) >= 11 is 0. The fourth-order valence-electron chi connectivity index (χ4n) is 1.80. The van der Waals surface area contributed by atoms with E-state index in [9.17, 15) is 9.59 Å². The van der Waals surface area contributed by atoms with E-state index >= 15 is 0 Å². The first-order valence-electron chi connectivity index (χ1n) is 6.87. The third-order valence-corrected chi connectivity index (χ3v) is 3.01. The summed E-state index contributed by atoms with van der Waals surface area (Å²) in [7, 11) is 0. The SMILES string of the molecule is CCC(OC(=O)c1ccc(N)cc1)C(=O)Nc1ccncc1. The molecule has 1 aromatic heterocycles. The van der Waals surface area contributed by atoms with Crippen molar-refractivity contribution in [1.29, 1.82) is 0 Å². The Balaban J connectivity index is 2.00. The number of pyridine rings is 1. The third kappa shape index (κ3) is 4.05. The molecule has 2 rings (SSSR count). The van der Waals surface area contributed by atoms with Gasteiger partial charge < -0.3 is 15.8 Å². The molecule has 1 heterocycles. The lowest BCUT2D eigenvalue weighted by Gasteiger charge is -2.16. The molecule has 1 unspecified atom stereocenters. The molecule has 1 atom stereocenters. The Kier molecular flexibility index (Phi) is 5.08. The van der Waals surface area contributed by atoms with Crippen molar-refractivity contribution in [2.45, 2.75) is 19.4 Å². The van der Waals surface area contributed by atoms with Gasteiger partial charge in [-0.1, -0.05) is 6.92 Å². The highest BCUT2D eigenvalue weighted by Crippen LogP contribution is 2.11. The molecule has 1 aromatic carbocycles. The van der Waals surface area contributed by atoms with Gasteiger partial charge in [-0.05, 0) is 42.8 Å². The van der Waals surface area contributed by atoms with Gasteiger partial charge in [-0.2, -0.15) is 0 Å². The molecule has 6 nitrogen and oxygen atoms in total. The van der Waals surface area contributed by atoms with Crippen molar-refractivity contribution in [2.24, 2.45) is 0 Å². The maximum Gasteiger partial charge on any atom is 0.338 e. The van der Waals surface area contributed by atoms with Crippen LogP contribution in [0.1, 0.15) is 23.7 Å². The molecule has 6 heteroatoms. The van der Waals surface area contributed by atoms with E-state index in [1.165, 1.54) is 0 Å². The van der Waals surface area contributed by atoms with Crippen LogP contribution in [0.3, 0.4) is 0 Å². The average molecular weight is 299 g/mol. The Morgan fingerprint density at radius 3 is 2.41 bits per heavy atom. The summed E-state index contributed by atoms with van der Waals surface area (Å²) in [5.41, 5.74) is 7.07. The summed E-state index contributed by atoms with van der Waals surface area (Å²) in [6.45, 7) is 1.77. The zero-order valence-electron chi connectivity index (χ0n) is 12.2. The fraction of sp³-hybridized carbons (Fsp3) is 0.188. The molecule has 0 radical (unpaired) electrons. The van der Waals surface area contributed by atoms with Gasteiger partial charge in [-0.3, -0.25) is 9.78 Å². The van der Waals surface area contributed by atoms with Crippen LogP contribution < -0.4 is 11.1 Å². The zero-order chi connectivity index (χ0) is 15.9. The Morgan fingerprint density at radius 1 is 1.18 bits per heavy atom. The minimum absolute atomic E-state index is 0.351. The van der Waals surface area contributed by atoms with Gasteiger partial charge in [-0.15, -0.1) is 0 Å². The second kappa shape index (κ2) is 7.21. The summed E-state index contributed by atoms with van der Waals surface area (Å²) in [5, 5.41) is 2.68.